The Morgan fingerprint density at radius 1 is 1.28 bits per heavy atom. The van der Waals surface area contributed by atoms with Crippen LogP contribution in [0.1, 0.15) is 0 Å². The molecule has 0 aliphatic heterocycles. The molecule has 0 radical (unpaired) electrons. The van der Waals surface area contributed by atoms with Gasteiger partial charge in [0.15, 0.2) is 0 Å². The Kier molecular flexibility index (Phi) is 7.09. The van der Waals surface area contributed by atoms with Crippen molar-refractivity contribution in [2.45, 2.75) is 0 Å². The molecule has 0 bridgehead atoms. The summed E-state index contributed by atoms with van der Waals surface area (Å²) >= 11 is 9.42. The van der Waals surface area contributed by atoms with Crippen LogP contribution in [0.5, 0.6) is 5.75 Å². The first-order valence-corrected chi connectivity index (χ1v) is 6.86. The summed E-state index contributed by atoms with van der Waals surface area (Å²) in [5, 5.41) is 0.614. The SMILES string of the molecule is C=CCN(CC=C)CCOc1ccc(Br)cc1Cl. The lowest BCUT2D eigenvalue weighted by atomic mass is 10.3. The van der Waals surface area contributed by atoms with Crippen molar-refractivity contribution in [3.8, 4) is 5.75 Å². The van der Waals surface area contributed by atoms with Crippen LogP contribution in [0.4, 0.5) is 0 Å². The standard InChI is InChI=1S/C14H17BrClNO/c1-3-7-17(8-4-2)9-10-18-14-6-5-12(15)11-13(14)16/h3-6,11H,1-2,7-10H2. The lowest BCUT2D eigenvalue weighted by Crippen LogP contribution is -2.28. The molecule has 0 aliphatic rings. The molecular formula is C14H17BrClNO. The van der Waals surface area contributed by atoms with Crippen molar-refractivity contribution in [2.75, 3.05) is 26.2 Å². The Morgan fingerprint density at radius 3 is 2.50 bits per heavy atom. The van der Waals surface area contributed by atoms with Gasteiger partial charge in [-0.15, -0.1) is 13.2 Å². The highest BCUT2D eigenvalue weighted by atomic mass is 79.9. The van der Waals surface area contributed by atoms with Crippen LogP contribution in [-0.4, -0.2) is 31.1 Å². The van der Waals surface area contributed by atoms with E-state index in [1.807, 2.05) is 30.4 Å². The maximum atomic E-state index is 6.07. The quantitative estimate of drug-likeness (QED) is 0.664. The van der Waals surface area contributed by atoms with Gasteiger partial charge in [0, 0.05) is 24.1 Å². The van der Waals surface area contributed by atoms with E-state index in [2.05, 4.69) is 34.0 Å². The second-order valence-electron chi connectivity index (χ2n) is 3.76. The molecule has 18 heavy (non-hydrogen) atoms. The highest BCUT2D eigenvalue weighted by Gasteiger charge is 2.04. The third-order valence-corrected chi connectivity index (χ3v) is 3.12. The third kappa shape index (κ3) is 5.25. The second kappa shape index (κ2) is 8.35. The average molecular weight is 331 g/mol. The second-order valence-corrected chi connectivity index (χ2v) is 5.08. The zero-order valence-electron chi connectivity index (χ0n) is 10.2. The molecule has 0 N–H and O–H groups in total. The van der Waals surface area contributed by atoms with E-state index in [0.29, 0.717) is 17.4 Å². The third-order valence-electron chi connectivity index (χ3n) is 2.33. The van der Waals surface area contributed by atoms with Gasteiger partial charge in [0.25, 0.3) is 0 Å². The van der Waals surface area contributed by atoms with Gasteiger partial charge in [-0.1, -0.05) is 39.7 Å². The van der Waals surface area contributed by atoms with Crippen molar-refractivity contribution in [3.05, 3.63) is 53.0 Å². The largest absolute Gasteiger partial charge is 0.491 e. The number of halogens is 2. The molecule has 0 atom stereocenters. The van der Waals surface area contributed by atoms with E-state index in [1.54, 1.807) is 0 Å². The van der Waals surface area contributed by atoms with Crippen LogP contribution in [0.25, 0.3) is 0 Å². The summed E-state index contributed by atoms with van der Waals surface area (Å²) in [5.74, 6) is 0.706. The minimum Gasteiger partial charge on any atom is -0.491 e. The van der Waals surface area contributed by atoms with Crippen molar-refractivity contribution in [1.29, 1.82) is 0 Å². The van der Waals surface area contributed by atoms with Gasteiger partial charge in [-0.3, -0.25) is 4.90 Å². The topological polar surface area (TPSA) is 12.5 Å². The summed E-state index contributed by atoms with van der Waals surface area (Å²) < 4.78 is 6.60. The molecule has 0 heterocycles. The molecule has 0 saturated carbocycles. The normalized spacial score (nSPS) is 10.4. The first kappa shape index (κ1) is 15.3. The maximum absolute atomic E-state index is 6.07. The number of rotatable bonds is 8. The van der Waals surface area contributed by atoms with Crippen molar-refractivity contribution in [3.63, 3.8) is 0 Å². The Labute approximate surface area is 122 Å². The van der Waals surface area contributed by atoms with E-state index < -0.39 is 0 Å². The van der Waals surface area contributed by atoms with Crippen LogP contribution in [0.2, 0.25) is 5.02 Å². The first-order chi connectivity index (χ1) is 8.67. The number of hydrogen-bond acceptors (Lipinski definition) is 2. The van der Waals surface area contributed by atoms with Crippen LogP contribution < -0.4 is 4.74 Å². The predicted molar refractivity (Wildman–Crippen MR) is 81.5 cm³/mol. The molecule has 1 aromatic carbocycles. The minimum atomic E-state index is 0.586. The summed E-state index contributed by atoms with van der Waals surface area (Å²) in [7, 11) is 0. The monoisotopic (exact) mass is 329 g/mol. The van der Waals surface area contributed by atoms with E-state index in [0.717, 1.165) is 24.1 Å². The van der Waals surface area contributed by atoms with Gasteiger partial charge < -0.3 is 4.74 Å². The summed E-state index contributed by atoms with van der Waals surface area (Å²) in [4.78, 5) is 2.19. The summed E-state index contributed by atoms with van der Waals surface area (Å²) in [6.45, 7) is 10.5. The summed E-state index contributed by atoms with van der Waals surface area (Å²) in [6, 6.07) is 5.59. The van der Waals surface area contributed by atoms with E-state index in [1.165, 1.54) is 0 Å². The van der Waals surface area contributed by atoms with Gasteiger partial charge in [0.05, 0.1) is 5.02 Å². The fourth-order valence-electron chi connectivity index (χ4n) is 1.50. The molecule has 4 heteroatoms. The molecule has 1 aromatic rings. The van der Waals surface area contributed by atoms with Crippen molar-refractivity contribution in [1.82, 2.24) is 4.90 Å². The highest BCUT2D eigenvalue weighted by Crippen LogP contribution is 2.27. The van der Waals surface area contributed by atoms with E-state index >= 15 is 0 Å². The lowest BCUT2D eigenvalue weighted by Gasteiger charge is -2.19. The van der Waals surface area contributed by atoms with Crippen molar-refractivity contribution in [2.24, 2.45) is 0 Å². The Morgan fingerprint density at radius 2 is 1.94 bits per heavy atom. The maximum Gasteiger partial charge on any atom is 0.138 e. The van der Waals surface area contributed by atoms with Gasteiger partial charge in [-0.25, -0.2) is 0 Å². The van der Waals surface area contributed by atoms with Gasteiger partial charge >= 0.3 is 0 Å². The zero-order chi connectivity index (χ0) is 13.4. The van der Waals surface area contributed by atoms with Crippen LogP contribution in [-0.2, 0) is 0 Å². The van der Waals surface area contributed by atoms with Crippen LogP contribution in [0, 0.1) is 0 Å². The van der Waals surface area contributed by atoms with Crippen LogP contribution in [0.15, 0.2) is 48.0 Å². The fraction of sp³-hybridized carbons (Fsp3) is 0.286. The average Bonchev–Trinajstić information content (AvgIpc) is 2.32. The number of ether oxygens (including phenoxy) is 1. The highest BCUT2D eigenvalue weighted by molar-refractivity contribution is 9.10. The molecule has 98 valence electrons. The molecular weight excluding hydrogens is 314 g/mol. The Bertz CT molecular complexity index is 399. The first-order valence-electron chi connectivity index (χ1n) is 5.69. The molecule has 0 saturated heterocycles. The van der Waals surface area contributed by atoms with Crippen molar-refractivity contribution >= 4 is 27.5 Å². The summed E-state index contributed by atoms with van der Waals surface area (Å²) in [5.41, 5.74) is 0. The number of hydrogen-bond donors (Lipinski definition) is 0. The van der Waals surface area contributed by atoms with E-state index in [-0.39, 0.29) is 0 Å². The Hall–Kier alpha value is -0.770. The molecule has 0 aliphatic carbocycles. The molecule has 0 fully saturated rings. The fourth-order valence-corrected chi connectivity index (χ4v) is 2.23. The minimum absolute atomic E-state index is 0.586. The van der Waals surface area contributed by atoms with Crippen LogP contribution >= 0.6 is 27.5 Å². The van der Waals surface area contributed by atoms with E-state index in [9.17, 15) is 0 Å². The zero-order valence-corrected chi connectivity index (χ0v) is 12.6. The molecule has 1 rings (SSSR count). The van der Waals surface area contributed by atoms with E-state index in [4.69, 9.17) is 16.3 Å². The molecule has 0 unspecified atom stereocenters. The van der Waals surface area contributed by atoms with Gasteiger partial charge in [-0.2, -0.15) is 0 Å². The lowest BCUT2D eigenvalue weighted by molar-refractivity contribution is 0.236. The molecule has 0 spiro atoms. The van der Waals surface area contributed by atoms with Gasteiger partial charge in [0.2, 0.25) is 0 Å². The smallest absolute Gasteiger partial charge is 0.138 e. The van der Waals surface area contributed by atoms with Gasteiger partial charge in [0.1, 0.15) is 12.4 Å². The van der Waals surface area contributed by atoms with Crippen LogP contribution in [0.3, 0.4) is 0 Å². The summed E-state index contributed by atoms with van der Waals surface area (Å²) in [6.07, 6.45) is 3.74. The molecule has 0 amide bonds. The molecule has 0 aromatic heterocycles. The number of nitrogens with zero attached hydrogens (tertiary/aromatic N) is 1. The number of benzene rings is 1. The predicted octanol–water partition coefficient (Wildman–Crippen LogP) is 4.16. The Balaban J connectivity index is 2.44. The molecule has 2 nitrogen and oxygen atoms in total. The van der Waals surface area contributed by atoms with Gasteiger partial charge in [-0.05, 0) is 18.2 Å². The van der Waals surface area contributed by atoms with Crippen molar-refractivity contribution < 1.29 is 4.74 Å².